The van der Waals surface area contributed by atoms with Crippen molar-refractivity contribution >= 4 is 35.4 Å². The van der Waals surface area contributed by atoms with Crippen LogP contribution in [0.1, 0.15) is 49.1 Å². The summed E-state index contributed by atoms with van der Waals surface area (Å²) in [5, 5.41) is 4.38. The molecule has 0 saturated carbocycles. The molecule has 0 unspecified atom stereocenters. The zero-order valence-corrected chi connectivity index (χ0v) is 17.3. The molecule has 2 N–H and O–H groups in total. The standard InChI is InChI=1S/C22H21N3O6/c1-4-23-22(30)24-18(26)11-31-21(29)14-7-8-15-16(10-14)20(28)25(19(15)27)17-9-12(2)5-6-13(17)3/h5-10H,4,11H2,1-3H3,(H2,23,24,26,30). The van der Waals surface area contributed by atoms with Gasteiger partial charge in [-0.05, 0) is 56.2 Å². The highest BCUT2D eigenvalue weighted by atomic mass is 16.5. The number of esters is 1. The summed E-state index contributed by atoms with van der Waals surface area (Å²) in [7, 11) is 0. The smallest absolute Gasteiger partial charge is 0.338 e. The number of imide groups is 2. The fraction of sp³-hybridized carbons (Fsp3) is 0.227. The van der Waals surface area contributed by atoms with E-state index in [1.165, 1.54) is 18.2 Å². The second-order valence-corrected chi connectivity index (χ2v) is 6.98. The normalized spacial score (nSPS) is 12.4. The Balaban J connectivity index is 1.76. The minimum Gasteiger partial charge on any atom is -0.452 e. The molecule has 0 aromatic heterocycles. The summed E-state index contributed by atoms with van der Waals surface area (Å²) in [6.45, 7) is 5.00. The van der Waals surface area contributed by atoms with Gasteiger partial charge in [0.1, 0.15) is 0 Å². The van der Waals surface area contributed by atoms with Crippen LogP contribution in [0.4, 0.5) is 10.5 Å². The lowest BCUT2D eigenvalue weighted by Crippen LogP contribution is -2.41. The first-order valence-corrected chi connectivity index (χ1v) is 9.57. The molecule has 0 fully saturated rings. The molecule has 31 heavy (non-hydrogen) atoms. The number of hydrogen-bond donors (Lipinski definition) is 2. The third-order valence-electron chi connectivity index (χ3n) is 4.65. The highest BCUT2D eigenvalue weighted by Crippen LogP contribution is 2.31. The van der Waals surface area contributed by atoms with E-state index in [1.54, 1.807) is 19.9 Å². The molecule has 9 heteroatoms. The molecule has 0 atom stereocenters. The molecule has 0 aliphatic carbocycles. The Bertz CT molecular complexity index is 1110. The number of ether oxygens (including phenoxy) is 1. The molecule has 1 aliphatic rings. The Labute approximate surface area is 178 Å². The van der Waals surface area contributed by atoms with E-state index in [2.05, 4.69) is 5.32 Å². The van der Waals surface area contributed by atoms with Gasteiger partial charge >= 0.3 is 12.0 Å². The molecular weight excluding hydrogens is 402 g/mol. The van der Waals surface area contributed by atoms with Gasteiger partial charge in [0.05, 0.1) is 22.4 Å². The predicted molar refractivity (Wildman–Crippen MR) is 111 cm³/mol. The molecule has 5 amide bonds. The van der Waals surface area contributed by atoms with Gasteiger partial charge in [0, 0.05) is 6.54 Å². The highest BCUT2D eigenvalue weighted by Gasteiger charge is 2.38. The average Bonchev–Trinajstić information content (AvgIpc) is 2.98. The van der Waals surface area contributed by atoms with Crippen molar-refractivity contribution in [2.24, 2.45) is 0 Å². The van der Waals surface area contributed by atoms with Crippen LogP contribution >= 0.6 is 0 Å². The van der Waals surface area contributed by atoms with E-state index in [-0.39, 0.29) is 16.7 Å². The first kappa shape index (κ1) is 21.7. The van der Waals surface area contributed by atoms with E-state index < -0.39 is 36.3 Å². The predicted octanol–water partition coefficient (Wildman–Crippen LogP) is 2.11. The number of carbonyl (C=O) groups is 5. The van der Waals surface area contributed by atoms with Gasteiger partial charge in [-0.15, -0.1) is 0 Å². The molecule has 160 valence electrons. The Hall–Kier alpha value is -4.01. The lowest BCUT2D eigenvalue weighted by molar-refractivity contribution is -0.123. The summed E-state index contributed by atoms with van der Waals surface area (Å²) in [6, 6.07) is 8.75. The summed E-state index contributed by atoms with van der Waals surface area (Å²) < 4.78 is 4.90. The van der Waals surface area contributed by atoms with Crippen LogP contribution < -0.4 is 15.5 Å². The number of carbonyl (C=O) groups excluding carboxylic acids is 5. The average molecular weight is 423 g/mol. The van der Waals surface area contributed by atoms with Gasteiger partial charge in [0.25, 0.3) is 17.7 Å². The summed E-state index contributed by atoms with van der Waals surface area (Å²) in [5.74, 6) is -2.68. The second kappa shape index (κ2) is 8.78. The zero-order valence-electron chi connectivity index (χ0n) is 17.3. The molecule has 2 aromatic rings. The maximum absolute atomic E-state index is 12.9. The monoisotopic (exact) mass is 423 g/mol. The van der Waals surface area contributed by atoms with E-state index in [0.717, 1.165) is 16.0 Å². The third-order valence-corrected chi connectivity index (χ3v) is 4.65. The van der Waals surface area contributed by atoms with Gasteiger partial charge in [-0.25, -0.2) is 14.5 Å². The van der Waals surface area contributed by atoms with E-state index >= 15 is 0 Å². The molecular formula is C22H21N3O6. The van der Waals surface area contributed by atoms with Crippen LogP contribution in [-0.4, -0.2) is 42.9 Å². The SMILES string of the molecule is CCNC(=O)NC(=O)COC(=O)c1ccc2c(c1)C(=O)N(c1cc(C)ccc1C)C2=O. The molecule has 2 aromatic carbocycles. The molecule has 1 heterocycles. The quantitative estimate of drug-likeness (QED) is 0.561. The number of anilines is 1. The number of nitrogens with zero attached hydrogens (tertiary/aromatic N) is 1. The molecule has 9 nitrogen and oxygen atoms in total. The molecule has 0 saturated heterocycles. The second-order valence-electron chi connectivity index (χ2n) is 6.98. The van der Waals surface area contributed by atoms with Gasteiger partial charge in [-0.1, -0.05) is 12.1 Å². The van der Waals surface area contributed by atoms with Gasteiger partial charge in [-0.2, -0.15) is 0 Å². The fourth-order valence-corrected chi connectivity index (χ4v) is 3.13. The molecule has 3 rings (SSSR count). The highest BCUT2D eigenvalue weighted by molar-refractivity contribution is 6.35. The van der Waals surface area contributed by atoms with E-state index in [0.29, 0.717) is 12.2 Å². The summed E-state index contributed by atoms with van der Waals surface area (Å²) in [6.07, 6.45) is 0. The zero-order chi connectivity index (χ0) is 22.7. The maximum Gasteiger partial charge on any atom is 0.338 e. The first-order valence-electron chi connectivity index (χ1n) is 9.57. The van der Waals surface area contributed by atoms with Crippen molar-refractivity contribution in [1.82, 2.24) is 10.6 Å². The Morgan fingerprint density at radius 2 is 1.68 bits per heavy atom. The van der Waals surface area contributed by atoms with Gasteiger partial charge in [0.15, 0.2) is 6.61 Å². The van der Waals surface area contributed by atoms with Crippen LogP contribution in [0.2, 0.25) is 0 Å². The van der Waals surface area contributed by atoms with Crippen LogP contribution in [-0.2, 0) is 9.53 Å². The van der Waals surface area contributed by atoms with E-state index in [1.807, 2.05) is 24.4 Å². The number of amides is 5. The number of nitrogens with one attached hydrogen (secondary N) is 2. The number of fused-ring (bicyclic) bond motifs is 1. The van der Waals surface area contributed by atoms with Crippen molar-refractivity contribution in [1.29, 1.82) is 0 Å². The Kier molecular flexibility index (Phi) is 6.15. The van der Waals surface area contributed by atoms with Crippen LogP contribution in [0.25, 0.3) is 0 Å². The van der Waals surface area contributed by atoms with Crippen LogP contribution in [0.3, 0.4) is 0 Å². The van der Waals surface area contributed by atoms with Gasteiger partial charge < -0.3 is 10.1 Å². The summed E-state index contributed by atoms with van der Waals surface area (Å²) in [5.41, 5.74) is 2.40. The minimum atomic E-state index is -0.862. The van der Waals surface area contributed by atoms with Crippen LogP contribution in [0.5, 0.6) is 0 Å². The number of rotatable bonds is 5. The van der Waals surface area contributed by atoms with E-state index in [4.69, 9.17) is 4.74 Å². The Morgan fingerprint density at radius 1 is 0.968 bits per heavy atom. The van der Waals surface area contributed by atoms with Crippen LogP contribution in [0.15, 0.2) is 36.4 Å². The lowest BCUT2D eigenvalue weighted by Gasteiger charge is -2.17. The van der Waals surface area contributed by atoms with Crippen LogP contribution in [0, 0.1) is 13.8 Å². The minimum absolute atomic E-state index is 0.00789. The first-order chi connectivity index (χ1) is 14.7. The molecule has 1 aliphatic heterocycles. The fourth-order valence-electron chi connectivity index (χ4n) is 3.13. The van der Waals surface area contributed by atoms with Crippen molar-refractivity contribution in [3.8, 4) is 0 Å². The number of hydrogen-bond acceptors (Lipinski definition) is 6. The van der Waals surface area contributed by atoms with Crippen molar-refractivity contribution in [3.05, 3.63) is 64.2 Å². The molecule has 0 spiro atoms. The Morgan fingerprint density at radius 3 is 2.39 bits per heavy atom. The number of aryl methyl sites for hydroxylation is 2. The van der Waals surface area contributed by atoms with Crippen molar-refractivity contribution in [2.75, 3.05) is 18.1 Å². The number of urea groups is 1. The lowest BCUT2D eigenvalue weighted by atomic mass is 10.1. The van der Waals surface area contributed by atoms with Crippen molar-refractivity contribution < 1.29 is 28.7 Å². The largest absolute Gasteiger partial charge is 0.452 e. The van der Waals surface area contributed by atoms with Crippen molar-refractivity contribution in [2.45, 2.75) is 20.8 Å². The van der Waals surface area contributed by atoms with E-state index in [9.17, 15) is 24.0 Å². The summed E-state index contributed by atoms with van der Waals surface area (Å²) in [4.78, 5) is 62.1. The van der Waals surface area contributed by atoms with Gasteiger partial charge in [0.2, 0.25) is 0 Å². The molecule has 0 radical (unpaired) electrons. The summed E-state index contributed by atoms with van der Waals surface area (Å²) >= 11 is 0. The number of benzene rings is 2. The van der Waals surface area contributed by atoms with Gasteiger partial charge in [-0.3, -0.25) is 19.7 Å². The molecule has 0 bridgehead atoms. The maximum atomic E-state index is 12.9. The third kappa shape index (κ3) is 4.45. The van der Waals surface area contributed by atoms with Crippen molar-refractivity contribution in [3.63, 3.8) is 0 Å². The topological polar surface area (TPSA) is 122 Å².